The summed E-state index contributed by atoms with van der Waals surface area (Å²) >= 11 is 0. The van der Waals surface area contributed by atoms with E-state index in [1.807, 2.05) is 13.8 Å². The number of benzene rings is 2. The van der Waals surface area contributed by atoms with Crippen LogP contribution >= 0.6 is 0 Å². The number of carbonyl (C=O) groups is 2. The van der Waals surface area contributed by atoms with Crippen molar-refractivity contribution in [3.8, 4) is 17.2 Å². The van der Waals surface area contributed by atoms with E-state index in [1.165, 1.54) is 44.6 Å². The summed E-state index contributed by atoms with van der Waals surface area (Å²) in [7, 11) is -1.59. The van der Waals surface area contributed by atoms with E-state index in [1.54, 1.807) is 19.4 Å². The van der Waals surface area contributed by atoms with Crippen molar-refractivity contribution >= 4 is 43.5 Å². The van der Waals surface area contributed by atoms with Crippen LogP contribution in [0.4, 0.5) is 0 Å². The van der Waals surface area contributed by atoms with Gasteiger partial charge in [0.25, 0.3) is 5.91 Å². The summed E-state index contributed by atoms with van der Waals surface area (Å²) in [6, 6.07) is 8.77. The van der Waals surface area contributed by atoms with Gasteiger partial charge in [0, 0.05) is 30.3 Å². The maximum absolute atomic E-state index is 13.9. The zero-order chi connectivity index (χ0) is 34.1. The van der Waals surface area contributed by atoms with Crippen LogP contribution in [-0.4, -0.2) is 73.9 Å². The normalized spacial score (nSPS) is 12.0. The summed E-state index contributed by atoms with van der Waals surface area (Å²) in [4.78, 5) is 34.9. The van der Waals surface area contributed by atoms with Gasteiger partial charge in [-0.3, -0.25) is 18.8 Å². The first-order chi connectivity index (χ1) is 22.5. The molecule has 0 aliphatic carbocycles. The quantitative estimate of drug-likeness (QED) is 0.129. The highest BCUT2D eigenvalue weighted by Gasteiger charge is 2.28. The number of carbonyl (C=O) groups excluding carboxylic acids is 2. The smallest absolute Gasteiger partial charge is 0.305 e. The standard InChI is InChI=1S/C32H38N4O9S2/c1-20-17-34-25(21(2)30(20)44-5)19-46(39)32-35-24-14-15-26(42-3)31(29(24)36-32)47(40,41)23-12-10-22(11-13-23)45-18-27(37)33-16-8-6-7-9-28(38)43-4/h10-15,17H,6-9,16,18-19H2,1-5H3,(H,33,37)(H,35,36). The van der Waals surface area contributed by atoms with E-state index >= 15 is 0 Å². The summed E-state index contributed by atoms with van der Waals surface area (Å²) in [6.07, 6.45) is 4.14. The summed E-state index contributed by atoms with van der Waals surface area (Å²) in [5.74, 6) is 0.490. The van der Waals surface area contributed by atoms with Gasteiger partial charge >= 0.3 is 5.97 Å². The molecule has 4 aromatic rings. The third-order valence-electron chi connectivity index (χ3n) is 7.38. The molecular formula is C32H38N4O9S2. The Balaban J connectivity index is 1.46. The number of hydrogen-bond donors (Lipinski definition) is 2. The third kappa shape index (κ3) is 8.46. The van der Waals surface area contributed by atoms with E-state index in [2.05, 4.69) is 25.0 Å². The molecule has 2 heterocycles. The molecule has 47 heavy (non-hydrogen) atoms. The second-order valence-corrected chi connectivity index (χ2v) is 13.8. The predicted octanol–water partition coefficient (Wildman–Crippen LogP) is 3.96. The van der Waals surface area contributed by atoms with Crippen molar-refractivity contribution < 1.29 is 41.2 Å². The minimum absolute atomic E-state index is 0.0397. The highest BCUT2D eigenvalue weighted by atomic mass is 32.2. The Bertz CT molecular complexity index is 1870. The van der Waals surface area contributed by atoms with Gasteiger partial charge in [0.2, 0.25) is 9.84 Å². The lowest BCUT2D eigenvalue weighted by atomic mass is 10.1. The van der Waals surface area contributed by atoms with Crippen LogP contribution in [0.15, 0.2) is 57.5 Å². The number of ether oxygens (including phenoxy) is 4. The van der Waals surface area contributed by atoms with Gasteiger partial charge in [-0.1, -0.05) is 6.42 Å². The van der Waals surface area contributed by atoms with Crippen LogP contribution in [0.3, 0.4) is 0 Å². The number of rotatable bonds is 16. The van der Waals surface area contributed by atoms with E-state index in [4.69, 9.17) is 14.2 Å². The molecule has 15 heteroatoms. The van der Waals surface area contributed by atoms with Crippen molar-refractivity contribution in [1.29, 1.82) is 0 Å². The molecule has 0 saturated carbocycles. The van der Waals surface area contributed by atoms with E-state index < -0.39 is 20.6 Å². The molecule has 0 fully saturated rings. The summed E-state index contributed by atoms with van der Waals surface area (Å²) in [5, 5.41) is 2.84. The first-order valence-electron chi connectivity index (χ1n) is 14.8. The van der Waals surface area contributed by atoms with Crippen LogP contribution in [-0.2, 0) is 40.7 Å². The van der Waals surface area contributed by atoms with Crippen LogP contribution in [0, 0.1) is 13.8 Å². The van der Waals surface area contributed by atoms with Gasteiger partial charge in [-0.2, -0.15) is 0 Å². The van der Waals surface area contributed by atoms with E-state index in [-0.39, 0.29) is 50.4 Å². The molecule has 0 aliphatic heterocycles. The maximum atomic E-state index is 13.9. The van der Waals surface area contributed by atoms with Crippen molar-refractivity contribution in [2.24, 2.45) is 0 Å². The number of aromatic nitrogens is 3. The van der Waals surface area contributed by atoms with Crippen LogP contribution < -0.4 is 19.5 Å². The van der Waals surface area contributed by atoms with Gasteiger partial charge < -0.3 is 29.2 Å². The van der Waals surface area contributed by atoms with Crippen molar-refractivity contribution in [2.75, 3.05) is 34.5 Å². The highest BCUT2D eigenvalue weighted by Crippen LogP contribution is 2.36. The number of nitrogens with one attached hydrogen (secondary N) is 2. The molecule has 1 amide bonds. The number of aryl methyl sites for hydroxylation is 1. The average molecular weight is 687 g/mol. The number of nitrogens with zero attached hydrogens (tertiary/aromatic N) is 2. The second kappa shape index (κ2) is 15.9. The number of fused-ring (bicyclic) bond motifs is 1. The average Bonchev–Trinajstić information content (AvgIpc) is 3.51. The zero-order valence-electron chi connectivity index (χ0n) is 26.9. The van der Waals surface area contributed by atoms with Crippen molar-refractivity contribution in [3.63, 3.8) is 0 Å². The van der Waals surface area contributed by atoms with Gasteiger partial charge in [-0.15, -0.1) is 0 Å². The molecule has 0 radical (unpaired) electrons. The maximum Gasteiger partial charge on any atom is 0.305 e. The molecule has 4 rings (SSSR count). The molecular weight excluding hydrogens is 649 g/mol. The molecule has 0 spiro atoms. The van der Waals surface area contributed by atoms with Crippen molar-refractivity contribution in [3.05, 3.63) is 59.4 Å². The fourth-order valence-corrected chi connectivity index (χ4v) is 7.53. The Labute approximate surface area is 275 Å². The number of esters is 1. The summed E-state index contributed by atoms with van der Waals surface area (Å²) in [5.41, 5.74) is 2.64. The monoisotopic (exact) mass is 686 g/mol. The topological polar surface area (TPSA) is 176 Å². The van der Waals surface area contributed by atoms with E-state index in [9.17, 15) is 22.2 Å². The number of hydrogen-bond acceptors (Lipinski definition) is 11. The van der Waals surface area contributed by atoms with Gasteiger partial charge in [-0.25, -0.2) is 13.4 Å². The largest absolute Gasteiger partial charge is 0.496 e. The summed E-state index contributed by atoms with van der Waals surface area (Å²) < 4.78 is 62.2. The Morgan fingerprint density at radius 3 is 2.40 bits per heavy atom. The molecule has 0 bridgehead atoms. The van der Waals surface area contributed by atoms with Gasteiger partial charge in [-0.05, 0) is 63.1 Å². The van der Waals surface area contributed by atoms with Crippen molar-refractivity contribution in [1.82, 2.24) is 20.3 Å². The number of amides is 1. The number of methoxy groups -OCH3 is 3. The van der Waals surface area contributed by atoms with Crippen LogP contribution in [0.5, 0.6) is 17.2 Å². The number of H-pyrrole nitrogens is 1. The highest BCUT2D eigenvalue weighted by molar-refractivity contribution is 7.91. The Hall–Kier alpha value is -4.50. The Morgan fingerprint density at radius 2 is 1.72 bits per heavy atom. The van der Waals surface area contributed by atoms with E-state index in [0.717, 1.165) is 17.5 Å². The fourth-order valence-electron chi connectivity index (χ4n) is 4.88. The molecule has 0 saturated heterocycles. The minimum Gasteiger partial charge on any atom is -0.496 e. The third-order valence-corrected chi connectivity index (χ3v) is 10.4. The molecule has 252 valence electrons. The first kappa shape index (κ1) is 35.4. The second-order valence-electron chi connectivity index (χ2n) is 10.6. The van der Waals surface area contributed by atoms with Crippen LogP contribution in [0.25, 0.3) is 11.0 Å². The van der Waals surface area contributed by atoms with Gasteiger partial charge in [0.1, 0.15) is 27.7 Å². The van der Waals surface area contributed by atoms with E-state index in [0.29, 0.717) is 48.5 Å². The minimum atomic E-state index is -4.17. The Kier molecular flexibility index (Phi) is 11.9. The van der Waals surface area contributed by atoms with Gasteiger partial charge in [0.05, 0.1) is 54.0 Å². The SMILES string of the molecule is COC(=O)CCCCCNC(=O)COc1ccc(S(=O)(=O)c2c(OC)ccc3[nH]c(S(=O)Cc4ncc(C)c(OC)c4C)nc23)cc1. The first-order valence-corrected chi connectivity index (χ1v) is 17.6. The molecule has 2 aromatic carbocycles. The lowest BCUT2D eigenvalue weighted by Crippen LogP contribution is -2.29. The number of sulfone groups is 1. The molecule has 0 aliphatic rings. The molecule has 2 aromatic heterocycles. The zero-order valence-corrected chi connectivity index (χ0v) is 28.5. The lowest BCUT2D eigenvalue weighted by Gasteiger charge is -2.11. The number of imidazole rings is 1. The fraction of sp³-hybridized carbons (Fsp3) is 0.375. The Morgan fingerprint density at radius 1 is 0.979 bits per heavy atom. The van der Waals surface area contributed by atoms with Crippen LogP contribution in [0.2, 0.25) is 0 Å². The predicted molar refractivity (Wildman–Crippen MR) is 174 cm³/mol. The molecule has 1 atom stereocenters. The molecule has 1 unspecified atom stereocenters. The molecule has 13 nitrogen and oxygen atoms in total. The number of unbranched alkanes of at least 4 members (excludes halogenated alkanes) is 2. The van der Waals surface area contributed by atoms with Gasteiger partial charge in [0.15, 0.2) is 11.8 Å². The van der Waals surface area contributed by atoms with Crippen molar-refractivity contribution in [2.45, 2.75) is 60.2 Å². The number of aromatic amines is 1. The summed E-state index contributed by atoms with van der Waals surface area (Å²) in [6.45, 7) is 3.90. The van der Waals surface area contributed by atoms with Crippen LogP contribution in [0.1, 0.15) is 42.5 Å². The molecule has 2 N–H and O–H groups in total. The number of pyridine rings is 1. The lowest BCUT2D eigenvalue weighted by molar-refractivity contribution is -0.140.